The smallest absolute Gasteiger partial charge is 0.268 e. The first kappa shape index (κ1) is 19.8. The summed E-state index contributed by atoms with van der Waals surface area (Å²) in [6, 6.07) is 11.0. The number of methoxy groups -OCH3 is 2. The quantitative estimate of drug-likeness (QED) is 0.530. The fourth-order valence-electron chi connectivity index (χ4n) is 3.70. The molecule has 1 amide bonds. The highest BCUT2D eigenvalue weighted by atomic mass is 16.5. The maximum atomic E-state index is 13.2. The van der Waals surface area contributed by atoms with Crippen LogP contribution in [0.1, 0.15) is 36.2 Å². The third kappa shape index (κ3) is 3.24. The van der Waals surface area contributed by atoms with E-state index in [0.717, 1.165) is 16.6 Å². The number of aromatic nitrogens is 4. The van der Waals surface area contributed by atoms with Crippen molar-refractivity contribution in [3.05, 3.63) is 54.1 Å². The molecule has 0 aliphatic rings. The first-order valence-electron chi connectivity index (χ1n) is 9.76. The van der Waals surface area contributed by atoms with Gasteiger partial charge in [-0.05, 0) is 30.2 Å². The molecule has 1 N–H and O–H groups in total. The number of carbonyl (C=O) groups excluding carboxylic acids is 1. The molecule has 0 saturated carbocycles. The number of ether oxygens (including phenoxy) is 2. The number of carbonyl (C=O) groups is 1. The minimum atomic E-state index is -0.294. The predicted octanol–water partition coefficient (Wildman–Crippen LogP) is 3.37. The highest BCUT2D eigenvalue weighted by molar-refractivity contribution is 5.99. The molecule has 0 bridgehead atoms. The highest BCUT2D eigenvalue weighted by Crippen LogP contribution is 2.33. The van der Waals surface area contributed by atoms with Crippen LogP contribution in [0.25, 0.3) is 16.6 Å². The van der Waals surface area contributed by atoms with Crippen molar-refractivity contribution in [2.24, 2.45) is 13.0 Å². The summed E-state index contributed by atoms with van der Waals surface area (Å²) in [5, 5.41) is 12.6. The second-order valence-electron chi connectivity index (χ2n) is 7.54. The number of aryl methyl sites for hydroxylation is 1. The summed E-state index contributed by atoms with van der Waals surface area (Å²) >= 11 is 0. The van der Waals surface area contributed by atoms with Crippen LogP contribution in [-0.4, -0.2) is 39.3 Å². The zero-order valence-electron chi connectivity index (χ0n) is 17.7. The molecular formula is C22H25N5O3. The summed E-state index contributed by atoms with van der Waals surface area (Å²) in [7, 11) is 5.05. The third-order valence-electron chi connectivity index (χ3n) is 5.35. The number of hydrogen-bond acceptors (Lipinski definition) is 5. The van der Waals surface area contributed by atoms with Gasteiger partial charge in [-0.2, -0.15) is 0 Å². The number of rotatable bonds is 6. The molecule has 0 radical (unpaired) electrons. The van der Waals surface area contributed by atoms with Gasteiger partial charge in [0.25, 0.3) is 5.91 Å². The third-order valence-corrected chi connectivity index (χ3v) is 5.35. The Kier molecular flexibility index (Phi) is 5.07. The van der Waals surface area contributed by atoms with Crippen molar-refractivity contribution >= 4 is 22.5 Å². The van der Waals surface area contributed by atoms with Gasteiger partial charge in [0.2, 0.25) is 0 Å². The monoisotopic (exact) mass is 407 g/mol. The number of pyridine rings is 1. The molecule has 30 heavy (non-hydrogen) atoms. The summed E-state index contributed by atoms with van der Waals surface area (Å²) in [4.78, 5) is 13.2. The maximum absolute atomic E-state index is 13.2. The SMILES string of the molecule is COc1cc2cc(C(=O)NC(c3nnc4ccccn34)C(C)C)n(C)c2cc1OC. The van der Waals surface area contributed by atoms with Gasteiger partial charge < -0.3 is 19.4 Å². The lowest BCUT2D eigenvalue weighted by molar-refractivity contribution is 0.0915. The Labute approximate surface area is 174 Å². The van der Waals surface area contributed by atoms with Crippen molar-refractivity contribution in [3.63, 3.8) is 0 Å². The molecule has 4 rings (SSSR count). The van der Waals surface area contributed by atoms with E-state index in [4.69, 9.17) is 9.47 Å². The number of nitrogens with one attached hydrogen (secondary N) is 1. The zero-order chi connectivity index (χ0) is 21.4. The van der Waals surface area contributed by atoms with Gasteiger partial charge in [0.05, 0.1) is 25.8 Å². The van der Waals surface area contributed by atoms with E-state index >= 15 is 0 Å². The number of benzene rings is 1. The van der Waals surface area contributed by atoms with Gasteiger partial charge >= 0.3 is 0 Å². The molecule has 0 aliphatic heterocycles. The molecule has 0 spiro atoms. The first-order valence-corrected chi connectivity index (χ1v) is 9.76. The van der Waals surface area contributed by atoms with Gasteiger partial charge in [0.15, 0.2) is 23.0 Å². The van der Waals surface area contributed by atoms with E-state index in [2.05, 4.69) is 15.5 Å². The van der Waals surface area contributed by atoms with Crippen molar-refractivity contribution in [2.75, 3.05) is 14.2 Å². The molecule has 1 aromatic carbocycles. The number of amides is 1. The summed E-state index contributed by atoms with van der Waals surface area (Å²) in [6.07, 6.45) is 1.90. The van der Waals surface area contributed by atoms with E-state index in [-0.39, 0.29) is 17.9 Å². The van der Waals surface area contributed by atoms with Crippen molar-refractivity contribution in [3.8, 4) is 11.5 Å². The predicted molar refractivity (Wildman–Crippen MR) is 114 cm³/mol. The van der Waals surface area contributed by atoms with Gasteiger partial charge in [-0.1, -0.05) is 19.9 Å². The van der Waals surface area contributed by atoms with E-state index in [1.54, 1.807) is 14.2 Å². The summed E-state index contributed by atoms with van der Waals surface area (Å²) in [6.45, 7) is 4.10. The normalized spacial score (nSPS) is 12.5. The van der Waals surface area contributed by atoms with E-state index in [0.29, 0.717) is 23.0 Å². The molecule has 1 atom stereocenters. The Hall–Kier alpha value is -3.55. The zero-order valence-corrected chi connectivity index (χ0v) is 17.7. The Morgan fingerprint density at radius 1 is 1.07 bits per heavy atom. The number of nitrogens with zero attached hydrogens (tertiary/aromatic N) is 4. The van der Waals surface area contributed by atoms with Crippen molar-refractivity contribution < 1.29 is 14.3 Å². The molecule has 8 heteroatoms. The van der Waals surface area contributed by atoms with Crippen molar-refractivity contribution in [2.45, 2.75) is 19.9 Å². The van der Waals surface area contributed by atoms with Crippen LogP contribution in [0.2, 0.25) is 0 Å². The van der Waals surface area contributed by atoms with Crippen LogP contribution < -0.4 is 14.8 Å². The Bertz CT molecular complexity index is 1220. The van der Waals surface area contributed by atoms with Crippen molar-refractivity contribution in [1.82, 2.24) is 24.5 Å². The van der Waals surface area contributed by atoms with E-state index in [1.807, 2.05) is 72.5 Å². The van der Waals surface area contributed by atoms with Crippen LogP contribution in [0, 0.1) is 5.92 Å². The Morgan fingerprint density at radius 3 is 2.50 bits per heavy atom. The lowest BCUT2D eigenvalue weighted by atomic mass is 10.0. The van der Waals surface area contributed by atoms with Gasteiger partial charge in [-0.3, -0.25) is 9.20 Å². The van der Waals surface area contributed by atoms with E-state index in [9.17, 15) is 4.79 Å². The fraction of sp³-hybridized carbons (Fsp3) is 0.318. The molecule has 3 aromatic heterocycles. The van der Waals surface area contributed by atoms with Crippen LogP contribution >= 0.6 is 0 Å². The van der Waals surface area contributed by atoms with Gasteiger partial charge in [-0.15, -0.1) is 10.2 Å². The largest absolute Gasteiger partial charge is 0.493 e. The summed E-state index contributed by atoms with van der Waals surface area (Å²) in [5.74, 6) is 1.89. The second-order valence-corrected chi connectivity index (χ2v) is 7.54. The van der Waals surface area contributed by atoms with Crippen LogP contribution in [0.3, 0.4) is 0 Å². The van der Waals surface area contributed by atoms with E-state index < -0.39 is 0 Å². The minimum absolute atomic E-state index is 0.122. The Balaban J connectivity index is 1.71. The second kappa shape index (κ2) is 7.70. The number of fused-ring (bicyclic) bond motifs is 2. The molecule has 8 nitrogen and oxygen atoms in total. The lowest BCUT2D eigenvalue weighted by Crippen LogP contribution is -2.34. The molecular weight excluding hydrogens is 382 g/mol. The van der Waals surface area contributed by atoms with E-state index in [1.165, 1.54) is 0 Å². The van der Waals surface area contributed by atoms with Gasteiger partial charge in [-0.25, -0.2) is 0 Å². The van der Waals surface area contributed by atoms with Crippen LogP contribution in [0.4, 0.5) is 0 Å². The van der Waals surface area contributed by atoms with Gasteiger partial charge in [0.1, 0.15) is 5.69 Å². The molecule has 156 valence electrons. The molecule has 0 aliphatic carbocycles. The summed E-state index contributed by atoms with van der Waals surface area (Å²) in [5.41, 5.74) is 2.17. The average Bonchev–Trinajstić information content (AvgIpc) is 3.31. The first-order chi connectivity index (χ1) is 14.4. The standard InChI is InChI=1S/C22H25N5O3/c1-13(2)20(21-25-24-19-8-6-7-9-27(19)21)23-22(28)16-10-14-11-17(29-4)18(30-5)12-15(14)26(16)3/h6-13,20H,1-5H3,(H,23,28). The average molecular weight is 407 g/mol. The number of hydrogen-bond donors (Lipinski definition) is 1. The van der Waals surface area contributed by atoms with Crippen LogP contribution in [0.15, 0.2) is 42.6 Å². The molecule has 4 aromatic rings. The fourth-order valence-corrected chi connectivity index (χ4v) is 3.70. The lowest BCUT2D eigenvalue weighted by Gasteiger charge is -2.21. The molecule has 3 heterocycles. The minimum Gasteiger partial charge on any atom is -0.493 e. The highest BCUT2D eigenvalue weighted by Gasteiger charge is 2.26. The topological polar surface area (TPSA) is 82.7 Å². The molecule has 0 saturated heterocycles. The van der Waals surface area contributed by atoms with Crippen LogP contribution in [-0.2, 0) is 7.05 Å². The van der Waals surface area contributed by atoms with Gasteiger partial charge in [0, 0.05) is 24.7 Å². The molecule has 1 unspecified atom stereocenters. The summed E-state index contributed by atoms with van der Waals surface area (Å²) < 4.78 is 14.5. The van der Waals surface area contributed by atoms with Crippen molar-refractivity contribution in [1.29, 1.82) is 0 Å². The maximum Gasteiger partial charge on any atom is 0.268 e. The van der Waals surface area contributed by atoms with Crippen LogP contribution in [0.5, 0.6) is 11.5 Å². The Morgan fingerprint density at radius 2 is 1.80 bits per heavy atom. The molecule has 0 fully saturated rings.